The summed E-state index contributed by atoms with van der Waals surface area (Å²) in [6, 6.07) is 47.6. The minimum Gasteiger partial charge on any atom is -0.247 e. The van der Waals surface area contributed by atoms with Crippen LogP contribution in [0.4, 0.5) is 0 Å². The summed E-state index contributed by atoms with van der Waals surface area (Å²) >= 11 is 0. The predicted octanol–water partition coefficient (Wildman–Crippen LogP) is 6.81. The molecule has 0 N–H and O–H groups in total. The molecule has 0 radical (unpaired) electrons. The first kappa shape index (κ1) is 19.9. The van der Waals surface area contributed by atoms with E-state index in [1.165, 1.54) is 37.9 Å². The van der Waals surface area contributed by atoms with E-state index in [1.807, 2.05) is 0 Å². The molecule has 0 fully saturated rings. The number of benzene rings is 5. The van der Waals surface area contributed by atoms with Crippen LogP contribution >= 0.6 is 7.92 Å². The van der Waals surface area contributed by atoms with Crippen LogP contribution in [-0.4, -0.2) is 4.98 Å². The van der Waals surface area contributed by atoms with Crippen molar-refractivity contribution in [2.45, 2.75) is 0 Å². The summed E-state index contributed by atoms with van der Waals surface area (Å²) in [4.78, 5) is 5.34. The van der Waals surface area contributed by atoms with Crippen molar-refractivity contribution in [3.63, 3.8) is 0 Å². The quantitative estimate of drug-likeness (QED) is 0.275. The van der Waals surface area contributed by atoms with E-state index in [2.05, 4.69) is 133 Å². The molecule has 6 rings (SSSR count). The normalized spacial score (nSPS) is 11.3. The van der Waals surface area contributed by atoms with Crippen LogP contribution in [0.1, 0.15) is 0 Å². The van der Waals surface area contributed by atoms with E-state index >= 15 is 0 Å². The summed E-state index contributed by atoms with van der Waals surface area (Å²) in [6.45, 7) is 0. The van der Waals surface area contributed by atoms with Crippen LogP contribution in [-0.2, 0) is 0 Å². The average Bonchev–Trinajstić information content (AvgIpc) is 2.89. The second-order valence-corrected chi connectivity index (χ2v) is 10.2. The largest absolute Gasteiger partial charge is 0.247 e. The molecule has 0 saturated heterocycles. The van der Waals surface area contributed by atoms with Gasteiger partial charge in [-0.15, -0.1) is 0 Å². The molecule has 0 aliphatic heterocycles. The first-order valence-electron chi connectivity index (χ1n) is 11.2. The molecular formula is C31H22NP. The molecule has 2 heteroatoms. The Hall–Kier alpha value is -3.80. The first-order valence-corrected chi connectivity index (χ1v) is 12.5. The SMILES string of the molecule is c1ccc(P(c2ccccc2)c2nc3ccccc3cc2-c2cccc3ccccc23)cc1. The summed E-state index contributed by atoms with van der Waals surface area (Å²) in [7, 11) is -0.830. The van der Waals surface area contributed by atoms with E-state index in [0.29, 0.717) is 0 Å². The molecular weight excluding hydrogens is 417 g/mol. The zero-order chi connectivity index (χ0) is 22.0. The number of fused-ring (bicyclic) bond motifs is 2. The Bertz CT molecular complexity index is 1510. The van der Waals surface area contributed by atoms with Gasteiger partial charge in [-0.25, -0.2) is 4.98 Å². The fourth-order valence-electron chi connectivity index (χ4n) is 4.48. The zero-order valence-electron chi connectivity index (χ0n) is 18.1. The van der Waals surface area contributed by atoms with Gasteiger partial charge in [-0.05, 0) is 39.1 Å². The highest BCUT2D eigenvalue weighted by molar-refractivity contribution is 7.79. The fourth-order valence-corrected chi connectivity index (χ4v) is 6.84. The lowest BCUT2D eigenvalue weighted by molar-refractivity contribution is 1.47. The van der Waals surface area contributed by atoms with Crippen LogP contribution in [0.5, 0.6) is 0 Å². The summed E-state index contributed by atoms with van der Waals surface area (Å²) in [5.41, 5.74) is 4.64. The molecule has 0 atom stereocenters. The van der Waals surface area contributed by atoms with Gasteiger partial charge >= 0.3 is 0 Å². The van der Waals surface area contributed by atoms with Gasteiger partial charge in [0.2, 0.25) is 0 Å². The molecule has 0 aliphatic carbocycles. The second kappa shape index (κ2) is 8.62. The molecule has 1 nitrogen and oxygen atoms in total. The molecule has 0 amide bonds. The highest BCUT2D eigenvalue weighted by atomic mass is 31.1. The molecule has 6 aromatic rings. The van der Waals surface area contributed by atoms with Crippen LogP contribution in [0.15, 0.2) is 133 Å². The number of rotatable bonds is 4. The van der Waals surface area contributed by atoms with Crippen molar-refractivity contribution in [3.05, 3.63) is 133 Å². The third kappa shape index (κ3) is 3.71. The van der Waals surface area contributed by atoms with Crippen LogP contribution in [0.3, 0.4) is 0 Å². The highest BCUT2D eigenvalue weighted by Crippen LogP contribution is 2.39. The number of nitrogens with zero attached hydrogens (tertiary/aromatic N) is 1. The summed E-state index contributed by atoms with van der Waals surface area (Å²) in [5.74, 6) is 0. The van der Waals surface area contributed by atoms with Gasteiger partial charge in [0, 0.05) is 18.9 Å². The third-order valence-electron chi connectivity index (χ3n) is 6.02. The maximum atomic E-state index is 5.34. The lowest BCUT2D eigenvalue weighted by atomic mass is 9.98. The average molecular weight is 439 g/mol. The zero-order valence-corrected chi connectivity index (χ0v) is 19.0. The maximum absolute atomic E-state index is 5.34. The lowest BCUT2D eigenvalue weighted by Crippen LogP contribution is -2.24. The fraction of sp³-hybridized carbons (Fsp3) is 0. The van der Waals surface area contributed by atoms with Crippen molar-refractivity contribution in [2.24, 2.45) is 0 Å². The summed E-state index contributed by atoms with van der Waals surface area (Å²) < 4.78 is 0. The molecule has 156 valence electrons. The molecule has 0 spiro atoms. The Kier molecular flexibility index (Phi) is 5.19. The lowest BCUT2D eigenvalue weighted by Gasteiger charge is -2.22. The number of hydrogen-bond donors (Lipinski definition) is 0. The van der Waals surface area contributed by atoms with E-state index in [1.54, 1.807) is 0 Å². The minimum atomic E-state index is -0.830. The Labute approximate surface area is 195 Å². The van der Waals surface area contributed by atoms with Crippen LogP contribution in [0.2, 0.25) is 0 Å². The van der Waals surface area contributed by atoms with Gasteiger partial charge in [0.05, 0.1) is 11.0 Å². The molecule has 0 unspecified atom stereocenters. The van der Waals surface area contributed by atoms with E-state index in [0.717, 1.165) is 11.0 Å². The van der Waals surface area contributed by atoms with E-state index in [9.17, 15) is 0 Å². The van der Waals surface area contributed by atoms with Crippen molar-refractivity contribution in [3.8, 4) is 11.1 Å². The monoisotopic (exact) mass is 439 g/mol. The molecule has 1 heterocycles. The maximum Gasteiger partial charge on any atom is 0.0806 e. The van der Waals surface area contributed by atoms with Crippen molar-refractivity contribution in [1.82, 2.24) is 4.98 Å². The smallest absolute Gasteiger partial charge is 0.0806 e. The molecule has 5 aromatic carbocycles. The number of para-hydroxylation sites is 1. The van der Waals surface area contributed by atoms with E-state index in [-0.39, 0.29) is 0 Å². The molecule has 0 bridgehead atoms. The van der Waals surface area contributed by atoms with Crippen molar-refractivity contribution in [1.29, 1.82) is 0 Å². The van der Waals surface area contributed by atoms with E-state index < -0.39 is 7.92 Å². The van der Waals surface area contributed by atoms with Crippen LogP contribution in [0.25, 0.3) is 32.8 Å². The second-order valence-electron chi connectivity index (χ2n) is 8.09. The third-order valence-corrected chi connectivity index (χ3v) is 8.42. The molecule has 0 aliphatic rings. The van der Waals surface area contributed by atoms with Crippen molar-refractivity contribution >= 4 is 45.6 Å². The molecule has 0 saturated carbocycles. The van der Waals surface area contributed by atoms with Gasteiger partial charge in [0.1, 0.15) is 0 Å². The Morgan fingerprint density at radius 1 is 0.455 bits per heavy atom. The van der Waals surface area contributed by atoms with Gasteiger partial charge in [-0.3, -0.25) is 0 Å². The molecule has 33 heavy (non-hydrogen) atoms. The van der Waals surface area contributed by atoms with Crippen LogP contribution < -0.4 is 16.0 Å². The standard InChI is InChI=1S/C31H22NP/c1-3-15-25(16-4-1)33(26-17-5-2-6-18-26)31-29(22-24-13-8-10-21-30(24)32-31)28-20-11-14-23-12-7-9-19-27(23)28/h1-22H. The Balaban J connectivity index is 1.71. The number of pyridine rings is 1. The number of aromatic nitrogens is 1. The summed E-state index contributed by atoms with van der Waals surface area (Å²) in [6.07, 6.45) is 0. The van der Waals surface area contributed by atoms with Gasteiger partial charge in [-0.1, -0.05) is 121 Å². The number of hydrogen-bond acceptors (Lipinski definition) is 1. The van der Waals surface area contributed by atoms with E-state index in [4.69, 9.17) is 4.98 Å². The predicted molar refractivity (Wildman–Crippen MR) is 143 cm³/mol. The Morgan fingerprint density at radius 3 is 1.76 bits per heavy atom. The topological polar surface area (TPSA) is 12.9 Å². The van der Waals surface area contributed by atoms with Gasteiger partial charge in [0.15, 0.2) is 0 Å². The minimum absolute atomic E-state index is 0.830. The Morgan fingerprint density at radius 2 is 1.03 bits per heavy atom. The molecule has 1 aromatic heterocycles. The summed E-state index contributed by atoms with van der Waals surface area (Å²) in [5, 5.41) is 6.29. The van der Waals surface area contributed by atoms with Gasteiger partial charge < -0.3 is 0 Å². The van der Waals surface area contributed by atoms with Gasteiger partial charge in [0.25, 0.3) is 0 Å². The van der Waals surface area contributed by atoms with Crippen LogP contribution in [0, 0.1) is 0 Å². The first-order chi connectivity index (χ1) is 16.4. The van der Waals surface area contributed by atoms with Crippen molar-refractivity contribution < 1.29 is 0 Å². The van der Waals surface area contributed by atoms with Gasteiger partial charge in [-0.2, -0.15) is 0 Å². The van der Waals surface area contributed by atoms with Crippen molar-refractivity contribution in [2.75, 3.05) is 0 Å². The highest BCUT2D eigenvalue weighted by Gasteiger charge is 2.23.